The van der Waals surface area contributed by atoms with E-state index in [0.29, 0.717) is 52.4 Å². The Morgan fingerprint density at radius 1 is 0.220 bits per heavy atom. The maximum Gasteiger partial charge on any atom is 2.00 e. The van der Waals surface area contributed by atoms with E-state index in [4.69, 9.17) is 74.5 Å². The molecule has 10 rings (SSSR count). The van der Waals surface area contributed by atoms with Gasteiger partial charge in [0, 0.05) is 209 Å². The van der Waals surface area contributed by atoms with Crippen LogP contribution in [-0.2, 0) is 130 Å². The summed E-state index contributed by atoms with van der Waals surface area (Å²) in [6.45, 7) is 35.3. The van der Waals surface area contributed by atoms with Crippen molar-refractivity contribution in [1.82, 2.24) is 60.5 Å². The van der Waals surface area contributed by atoms with Crippen molar-refractivity contribution in [2.24, 2.45) is 0 Å². The molecule has 0 amide bonds. The summed E-state index contributed by atoms with van der Waals surface area (Å²) < 4.78 is 136. The van der Waals surface area contributed by atoms with Gasteiger partial charge >= 0.3 is 77.9 Å². The first-order chi connectivity index (χ1) is 44.9. The normalized spacial score (nSPS) is 23.4. The van der Waals surface area contributed by atoms with Gasteiger partial charge in [-0.25, -0.2) is 74.5 Å². The molecule has 32 nitrogen and oxygen atoms in total. The van der Waals surface area contributed by atoms with Crippen molar-refractivity contribution >= 4 is 0 Å². The van der Waals surface area contributed by atoms with Gasteiger partial charge in [-0.3, -0.25) is 39.2 Å². The van der Waals surface area contributed by atoms with E-state index in [0.717, 1.165) is 224 Å². The van der Waals surface area contributed by atoms with Gasteiger partial charge in [0.15, 0.2) is 0 Å². The quantitative estimate of drug-likeness (QED) is 0.119. The predicted molar refractivity (Wildman–Crippen MR) is 296 cm³/mol. The molecule has 16 bridgehead atoms. The van der Waals surface area contributed by atoms with Crippen molar-refractivity contribution < 1.29 is 214 Å². The Morgan fingerprint density at radius 2 is 0.320 bits per heavy atom. The van der Waals surface area contributed by atoms with Crippen molar-refractivity contribution in [3.8, 4) is 23.0 Å². The Bertz CT molecular complexity index is 2450. The van der Waals surface area contributed by atoms with Crippen LogP contribution in [-0.4, -0.2) is 196 Å². The predicted octanol–water partition coefficient (Wildman–Crippen LogP) is -17.9. The molecule has 0 aromatic heterocycles. The summed E-state index contributed by atoms with van der Waals surface area (Å²) in [6.07, 6.45) is 0. The molecule has 0 aliphatic carbocycles. The number of rotatable bonds is 0. The summed E-state index contributed by atoms with van der Waals surface area (Å²) >= 11 is 0. The number of benzene rings is 4. The Hall–Kier alpha value is -1.39. The monoisotopic (exact) mass is 1690 g/mol. The van der Waals surface area contributed by atoms with Crippen LogP contribution < -0.4 is 116 Å². The van der Waals surface area contributed by atoms with Gasteiger partial charge in [0.1, 0.15) is 0 Å². The second kappa shape index (κ2) is 47.4. The van der Waals surface area contributed by atoms with E-state index in [1.807, 2.05) is 0 Å². The van der Waals surface area contributed by atoms with Crippen LogP contribution in [0.3, 0.4) is 0 Å². The molecule has 0 saturated carbocycles. The molecule has 0 radical (unpaired) electrons. The zero-order valence-electron chi connectivity index (χ0n) is 57.3. The number of halogens is 4. The van der Waals surface area contributed by atoms with Crippen molar-refractivity contribution in [3.05, 3.63) is 115 Å². The Morgan fingerprint density at radius 3 is 0.420 bits per heavy atom. The molecule has 544 valence electrons. The van der Waals surface area contributed by atoms with Crippen molar-refractivity contribution in [1.29, 1.82) is 0 Å². The van der Waals surface area contributed by atoms with Gasteiger partial charge < -0.3 is 41.7 Å². The number of fused-ring (bicyclic) bond motifs is 20. The van der Waals surface area contributed by atoms with Gasteiger partial charge in [0.25, 0.3) is 0 Å². The molecular formula is C60H88Cl4N12O20Zn4. The maximum absolute atomic E-state index is 13.6. The van der Waals surface area contributed by atoms with Gasteiger partial charge in [0.2, 0.25) is 0 Å². The molecule has 4 aromatic rings. The van der Waals surface area contributed by atoms with Crippen LogP contribution in [0.4, 0.5) is 0 Å². The molecular weight excluding hydrogens is 1610 g/mol. The molecule has 100 heavy (non-hydrogen) atoms. The van der Waals surface area contributed by atoms with Crippen molar-refractivity contribution in [2.75, 3.05) is 157 Å². The molecule has 4 aromatic carbocycles. The summed E-state index contributed by atoms with van der Waals surface area (Å²) in [4.78, 5) is 19.2. The van der Waals surface area contributed by atoms with E-state index >= 15 is 0 Å². The third-order valence-corrected chi connectivity index (χ3v) is 16.5. The van der Waals surface area contributed by atoms with Crippen LogP contribution in [0.2, 0.25) is 0 Å². The first-order valence-corrected chi connectivity index (χ1v) is 36.1. The van der Waals surface area contributed by atoms with Crippen LogP contribution in [0.25, 0.3) is 0 Å². The fraction of sp³-hybridized carbons (Fsp3) is 0.600. The van der Waals surface area contributed by atoms with Gasteiger partial charge in [-0.2, -0.15) is 0 Å². The minimum absolute atomic E-state index is 0. The average Bonchev–Trinajstić information content (AvgIpc) is 0.969. The summed E-state index contributed by atoms with van der Waals surface area (Å²) in [5, 5.41) is 68.8. The SMILES string of the molecule is Cc1cc2c([O-])c(c1)CN1CCNCCN(CC1)Cc1cc(C)cc(c1[O-])CN1CCNCCN(CC1)C2.Cc1cc2c([O-])c(c1)CN1CCNCCN(CC1)Cc1cc(C)cc(c1[O-])CN1CCNCCN(CC1)C2.[O-][Cl+3]([O-])([O-])[O-].[O-][Cl+3]([O-])([O-])[O-].[O-][Cl+3]([O-])([O-])[O-].[O-][Cl+3]([O-])([O-])[O-].[Zn+2].[Zn+2].[Zn+2].[Zn+2]. The third-order valence-electron chi connectivity index (χ3n) is 16.5. The van der Waals surface area contributed by atoms with Crippen molar-refractivity contribution in [2.45, 2.75) is 80.1 Å². The molecule has 8 unspecified atom stereocenters. The second-order valence-corrected chi connectivity index (χ2v) is 27.4. The number of hydrogen-bond donors (Lipinski definition) is 4. The summed E-state index contributed by atoms with van der Waals surface area (Å²) in [7, 11) is -19.8. The van der Waals surface area contributed by atoms with E-state index in [1.54, 1.807) is 0 Å². The number of hydrogen-bond acceptors (Lipinski definition) is 32. The molecule has 6 aliphatic rings. The summed E-state index contributed by atoms with van der Waals surface area (Å²) in [6, 6.07) is 16.7. The fourth-order valence-electron chi connectivity index (χ4n) is 12.3. The second-order valence-electron chi connectivity index (χ2n) is 24.4. The van der Waals surface area contributed by atoms with E-state index in [1.165, 1.54) is 0 Å². The topological polar surface area (TPSA) is 535 Å². The molecule has 4 fully saturated rings. The zero-order valence-corrected chi connectivity index (χ0v) is 72.2. The van der Waals surface area contributed by atoms with Crippen LogP contribution >= 0.6 is 0 Å². The third kappa shape index (κ3) is 41.1. The fourth-order valence-corrected chi connectivity index (χ4v) is 12.3. The Kier molecular flexibility index (Phi) is 45.8. The minimum atomic E-state index is -4.94. The summed E-state index contributed by atoms with van der Waals surface area (Å²) in [5.74, 6) is 0.806. The van der Waals surface area contributed by atoms with E-state index in [-0.39, 0.29) is 101 Å². The first kappa shape index (κ1) is 96.6. The maximum atomic E-state index is 13.6. The number of nitrogens with zero attached hydrogens (tertiary/aromatic N) is 8. The average molecular weight is 1700 g/mol. The van der Waals surface area contributed by atoms with E-state index < -0.39 is 41.0 Å². The van der Waals surface area contributed by atoms with Crippen LogP contribution in [0.5, 0.6) is 23.0 Å². The van der Waals surface area contributed by atoms with Crippen LogP contribution in [0, 0.1) is 68.7 Å². The smallest absolute Gasteiger partial charge is 0.872 e. The van der Waals surface area contributed by atoms with E-state index in [2.05, 4.69) is 137 Å². The Labute approximate surface area is 644 Å². The minimum Gasteiger partial charge on any atom is -0.872 e. The molecule has 6 aliphatic heterocycles. The van der Waals surface area contributed by atoms with Crippen molar-refractivity contribution in [3.63, 3.8) is 0 Å². The molecule has 0 spiro atoms. The summed E-state index contributed by atoms with van der Waals surface area (Å²) in [5.41, 5.74) is 11.9. The molecule has 40 heteroatoms. The van der Waals surface area contributed by atoms with Gasteiger partial charge in [-0.1, -0.05) is 93.8 Å². The molecule has 8 atom stereocenters. The van der Waals surface area contributed by atoms with E-state index in [9.17, 15) is 20.4 Å². The van der Waals surface area contributed by atoms with Crippen LogP contribution in [0.15, 0.2) is 48.5 Å². The molecule has 6 heterocycles. The number of aryl methyl sites for hydroxylation is 4. The largest absolute Gasteiger partial charge is 2.00 e. The first-order valence-electron chi connectivity index (χ1n) is 31.2. The molecule has 4 N–H and O–H groups in total. The standard InChI is InChI=1S/2C30H46N6O2.4ClHO4.4Zn/c2*1-23-15-25-19-33-7-3-31-5-9-35(13-11-33)21-27-17-24(2)18-28(30(27)38)22-36-10-6-32-4-8-34(12-14-36)20-26(16-23)29(25)37;4*2-1(3,4)5;;;;/h2*15-18,31-32,37-38H,3-14,19-22H2,1-2H3;4*(H,2,3,4,5);;;;/q;;;;;;4*+2/p-8. The Balaban J connectivity index is 0.000000762. The zero-order chi connectivity index (χ0) is 71.0. The van der Waals surface area contributed by atoms with Gasteiger partial charge in [-0.15, -0.1) is 41.0 Å². The number of nitrogens with one attached hydrogen (secondary N) is 4. The van der Waals surface area contributed by atoms with Crippen LogP contribution in [0.1, 0.15) is 66.8 Å². The van der Waals surface area contributed by atoms with Gasteiger partial charge in [-0.05, 0) is 72.2 Å². The van der Waals surface area contributed by atoms with Gasteiger partial charge in [0.05, 0.1) is 0 Å². The molecule has 4 saturated heterocycles.